The molecule has 2 heteroatoms. The van der Waals surface area contributed by atoms with Crippen molar-refractivity contribution in [3.8, 4) is 0 Å². The third-order valence-electron chi connectivity index (χ3n) is 3.57. The molecule has 19 heavy (non-hydrogen) atoms. The van der Waals surface area contributed by atoms with Crippen LogP contribution in [0.1, 0.15) is 78.6 Å². The number of likely N-dealkylation sites (N-methyl/N-ethyl adjacent to an activating group) is 1. The van der Waals surface area contributed by atoms with E-state index in [1.165, 1.54) is 51.4 Å². The molecule has 2 nitrogen and oxygen atoms in total. The molecule has 0 unspecified atom stereocenters. The molecule has 1 amide bonds. The van der Waals surface area contributed by atoms with Gasteiger partial charge in [-0.3, -0.25) is 4.79 Å². The van der Waals surface area contributed by atoms with Gasteiger partial charge >= 0.3 is 0 Å². The molecule has 0 fully saturated rings. The van der Waals surface area contributed by atoms with Gasteiger partial charge in [-0.05, 0) is 20.3 Å². The lowest BCUT2D eigenvalue weighted by atomic mass is 10.1. The maximum Gasteiger partial charge on any atom is 0.248 e. The molecule has 0 saturated heterocycles. The van der Waals surface area contributed by atoms with Crippen molar-refractivity contribution in [2.24, 2.45) is 0 Å². The van der Waals surface area contributed by atoms with Crippen LogP contribution in [0.4, 0.5) is 0 Å². The van der Waals surface area contributed by atoms with E-state index < -0.39 is 0 Å². The van der Waals surface area contributed by atoms with Gasteiger partial charge in [0, 0.05) is 18.7 Å². The van der Waals surface area contributed by atoms with Gasteiger partial charge in [-0.1, -0.05) is 64.9 Å². The smallest absolute Gasteiger partial charge is 0.248 e. The third-order valence-corrected chi connectivity index (χ3v) is 3.57. The lowest BCUT2D eigenvalue weighted by Gasteiger charge is -2.20. The van der Waals surface area contributed by atoms with Crippen LogP contribution in [0, 0.1) is 0 Å². The Morgan fingerprint density at radius 2 is 1.37 bits per heavy atom. The zero-order valence-electron chi connectivity index (χ0n) is 13.3. The monoisotopic (exact) mass is 267 g/mol. The fourth-order valence-electron chi connectivity index (χ4n) is 2.29. The van der Waals surface area contributed by atoms with Crippen LogP contribution in [0.15, 0.2) is 12.2 Å². The number of hydrogen-bond donors (Lipinski definition) is 0. The van der Waals surface area contributed by atoms with Crippen LogP contribution in [0.3, 0.4) is 0 Å². The molecule has 0 aromatic heterocycles. The summed E-state index contributed by atoms with van der Waals surface area (Å²) >= 11 is 0. The van der Waals surface area contributed by atoms with Gasteiger partial charge in [-0.2, -0.15) is 0 Å². The summed E-state index contributed by atoms with van der Waals surface area (Å²) in [4.78, 5) is 13.7. The highest BCUT2D eigenvalue weighted by Gasteiger charge is 2.10. The molecule has 0 rings (SSSR count). The Hall–Kier alpha value is -0.790. The molecule has 0 N–H and O–H groups in total. The summed E-state index contributed by atoms with van der Waals surface area (Å²) < 4.78 is 0. The molecule has 112 valence electrons. The molecular weight excluding hydrogens is 234 g/mol. The van der Waals surface area contributed by atoms with Crippen molar-refractivity contribution in [3.05, 3.63) is 12.2 Å². The molecule has 0 aliphatic heterocycles. The van der Waals surface area contributed by atoms with Gasteiger partial charge in [0.05, 0.1) is 0 Å². The molecule has 0 bridgehead atoms. The van der Waals surface area contributed by atoms with Crippen LogP contribution >= 0.6 is 0 Å². The number of hydrogen-bond acceptors (Lipinski definition) is 1. The molecule has 0 aliphatic carbocycles. The minimum atomic E-state index is 0.113. The van der Waals surface area contributed by atoms with Gasteiger partial charge < -0.3 is 4.90 Å². The Balaban J connectivity index is 3.46. The first-order chi connectivity index (χ1) is 9.13. The summed E-state index contributed by atoms with van der Waals surface area (Å²) in [5.74, 6) is 0.113. The zero-order chi connectivity index (χ0) is 14.5. The second-order valence-corrected chi connectivity index (χ2v) is 5.49. The largest absolute Gasteiger partial charge is 0.339 e. The average molecular weight is 267 g/mol. The van der Waals surface area contributed by atoms with Crippen molar-refractivity contribution < 1.29 is 4.79 Å². The predicted molar refractivity (Wildman–Crippen MR) is 84.3 cm³/mol. The van der Waals surface area contributed by atoms with Gasteiger partial charge in [0.25, 0.3) is 0 Å². The average Bonchev–Trinajstić information content (AvgIpc) is 2.40. The SMILES string of the molecule is C=C(C)C(=O)N(CC)CCCCCCCCCCC. The Morgan fingerprint density at radius 1 is 0.895 bits per heavy atom. The summed E-state index contributed by atoms with van der Waals surface area (Å²) in [6.07, 6.45) is 11.9. The topological polar surface area (TPSA) is 20.3 Å². The number of rotatable bonds is 12. The standard InChI is InChI=1S/C17H33NO/c1-5-7-8-9-10-11-12-13-14-15-18(6-2)17(19)16(3)4/h3,5-15H2,1-2,4H3. The summed E-state index contributed by atoms with van der Waals surface area (Å²) in [7, 11) is 0. The van der Waals surface area contributed by atoms with Crippen LogP contribution in [-0.4, -0.2) is 23.9 Å². The van der Waals surface area contributed by atoms with E-state index in [1.807, 2.05) is 11.8 Å². The minimum absolute atomic E-state index is 0.113. The first-order valence-corrected chi connectivity index (χ1v) is 8.08. The molecule has 0 spiro atoms. The Labute approximate surface area is 120 Å². The van der Waals surface area contributed by atoms with Crippen molar-refractivity contribution in [1.82, 2.24) is 4.90 Å². The highest BCUT2D eigenvalue weighted by Crippen LogP contribution is 2.10. The second kappa shape index (κ2) is 12.3. The minimum Gasteiger partial charge on any atom is -0.339 e. The van der Waals surface area contributed by atoms with E-state index in [-0.39, 0.29) is 5.91 Å². The molecule has 0 aromatic carbocycles. The van der Waals surface area contributed by atoms with E-state index in [2.05, 4.69) is 13.5 Å². The zero-order valence-corrected chi connectivity index (χ0v) is 13.3. The van der Waals surface area contributed by atoms with Crippen LogP contribution in [0.2, 0.25) is 0 Å². The fraction of sp³-hybridized carbons (Fsp3) is 0.824. The summed E-state index contributed by atoms with van der Waals surface area (Å²) in [6.45, 7) is 11.5. The molecule has 0 heterocycles. The number of amides is 1. The van der Waals surface area contributed by atoms with Crippen LogP contribution in [-0.2, 0) is 4.79 Å². The Bertz CT molecular complexity index is 248. The number of unbranched alkanes of at least 4 members (excludes halogenated alkanes) is 8. The Morgan fingerprint density at radius 3 is 1.79 bits per heavy atom. The lowest BCUT2D eigenvalue weighted by Crippen LogP contribution is -2.32. The quantitative estimate of drug-likeness (QED) is 0.362. The first kappa shape index (κ1) is 18.2. The fourth-order valence-corrected chi connectivity index (χ4v) is 2.29. The van der Waals surface area contributed by atoms with E-state index in [9.17, 15) is 4.79 Å². The molecule has 0 radical (unpaired) electrons. The van der Waals surface area contributed by atoms with Crippen molar-refractivity contribution in [2.45, 2.75) is 78.6 Å². The number of nitrogens with zero attached hydrogens (tertiary/aromatic N) is 1. The number of carbonyl (C=O) groups excluding carboxylic acids is 1. The summed E-state index contributed by atoms with van der Waals surface area (Å²) in [5.41, 5.74) is 0.651. The summed E-state index contributed by atoms with van der Waals surface area (Å²) in [6, 6.07) is 0. The van der Waals surface area contributed by atoms with Gasteiger partial charge in [0.1, 0.15) is 0 Å². The molecule has 0 saturated carbocycles. The van der Waals surface area contributed by atoms with Gasteiger partial charge in [-0.15, -0.1) is 0 Å². The molecule has 0 atom stereocenters. The Kier molecular flexibility index (Phi) is 11.7. The lowest BCUT2D eigenvalue weighted by molar-refractivity contribution is -0.126. The highest BCUT2D eigenvalue weighted by atomic mass is 16.2. The van der Waals surface area contributed by atoms with Crippen molar-refractivity contribution >= 4 is 5.91 Å². The molecule has 0 aliphatic rings. The van der Waals surface area contributed by atoms with Crippen LogP contribution < -0.4 is 0 Å². The number of carbonyl (C=O) groups is 1. The van der Waals surface area contributed by atoms with Crippen LogP contribution in [0.25, 0.3) is 0 Å². The van der Waals surface area contributed by atoms with Gasteiger partial charge in [0.2, 0.25) is 5.91 Å². The van der Waals surface area contributed by atoms with Gasteiger partial charge in [-0.25, -0.2) is 0 Å². The van der Waals surface area contributed by atoms with E-state index in [0.717, 1.165) is 19.5 Å². The first-order valence-electron chi connectivity index (χ1n) is 8.08. The maximum absolute atomic E-state index is 11.8. The predicted octanol–water partition coefficient (Wildman–Crippen LogP) is 4.94. The third kappa shape index (κ3) is 9.75. The highest BCUT2D eigenvalue weighted by molar-refractivity contribution is 5.92. The molecule has 0 aromatic rings. The summed E-state index contributed by atoms with van der Waals surface area (Å²) in [5, 5.41) is 0. The molecular formula is C17H33NO. The van der Waals surface area contributed by atoms with Gasteiger partial charge in [0.15, 0.2) is 0 Å². The van der Waals surface area contributed by atoms with Crippen molar-refractivity contribution in [2.75, 3.05) is 13.1 Å². The van der Waals surface area contributed by atoms with E-state index in [0.29, 0.717) is 5.57 Å². The normalized spacial score (nSPS) is 10.5. The van der Waals surface area contributed by atoms with Crippen molar-refractivity contribution in [1.29, 1.82) is 0 Å². The van der Waals surface area contributed by atoms with E-state index in [4.69, 9.17) is 0 Å². The van der Waals surface area contributed by atoms with Crippen LogP contribution in [0.5, 0.6) is 0 Å². The van der Waals surface area contributed by atoms with E-state index in [1.54, 1.807) is 6.92 Å². The van der Waals surface area contributed by atoms with E-state index >= 15 is 0 Å². The maximum atomic E-state index is 11.8. The second-order valence-electron chi connectivity index (χ2n) is 5.49. The van der Waals surface area contributed by atoms with Crippen molar-refractivity contribution in [3.63, 3.8) is 0 Å².